The lowest BCUT2D eigenvalue weighted by Crippen LogP contribution is -2.09. The van der Waals surface area contributed by atoms with Gasteiger partial charge in [0.05, 0.1) is 0 Å². The lowest BCUT2D eigenvalue weighted by atomic mass is 10.0. The lowest BCUT2D eigenvalue weighted by molar-refractivity contribution is 0.603. The summed E-state index contributed by atoms with van der Waals surface area (Å²) in [5, 5.41) is 0. The van der Waals surface area contributed by atoms with Crippen molar-refractivity contribution in [2.75, 3.05) is 5.75 Å². The molecule has 1 aromatic carbocycles. The van der Waals surface area contributed by atoms with Crippen LogP contribution >= 0.6 is 24.2 Å². The molecule has 1 atom stereocenters. The van der Waals surface area contributed by atoms with Gasteiger partial charge < -0.3 is 5.73 Å². The summed E-state index contributed by atoms with van der Waals surface area (Å²) >= 11 is 1.87. The van der Waals surface area contributed by atoms with Gasteiger partial charge in [0.1, 0.15) is 0 Å². The summed E-state index contributed by atoms with van der Waals surface area (Å²) in [6.07, 6.45) is 3.53. The van der Waals surface area contributed by atoms with E-state index in [1.807, 2.05) is 11.8 Å². The molecule has 0 heterocycles. The minimum absolute atomic E-state index is 0. The maximum absolute atomic E-state index is 6.10. The van der Waals surface area contributed by atoms with Crippen molar-refractivity contribution in [3.8, 4) is 0 Å². The molecule has 1 rings (SSSR count). The van der Waals surface area contributed by atoms with Crippen molar-refractivity contribution in [2.24, 2.45) is 5.73 Å². The largest absolute Gasteiger partial charge is 0.324 e. The molecule has 0 aliphatic heterocycles. The Kier molecular flexibility index (Phi) is 8.81. The normalized spacial score (nSPS) is 11.9. The Labute approximate surface area is 110 Å². The van der Waals surface area contributed by atoms with E-state index < -0.39 is 0 Å². The first-order chi connectivity index (χ1) is 7.27. The molecule has 1 nitrogen and oxygen atoms in total. The number of rotatable bonds is 6. The Morgan fingerprint density at radius 1 is 1.19 bits per heavy atom. The minimum atomic E-state index is 0. The van der Waals surface area contributed by atoms with Gasteiger partial charge in [-0.25, -0.2) is 0 Å². The maximum atomic E-state index is 6.10. The lowest BCUT2D eigenvalue weighted by Gasteiger charge is -2.11. The zero-order valence-corrected chi connectivity index (χ0v) is 11.7. The highest BCUT2D eigenvalue weighted by Gasteiger charge is 2.04. The van der Waals surface area contributed by atoms with Crippen molar-refractivity contribution in [1.29, 1.82) is 0 Å². The fourth-order valence-electron chi connectivity index (χ4n) is 1.57. The molecule has 0 bridgehead atoms. The summed E-state index contributed by atoms with van der Waals surface area (Å²) in [6.45, 7) is 4.37. The van der Waals surface area contributed by atoms with Gasteiger partial charge in [0.15, 0.2) is 0 Å². The van der Waals surface area contributed by atoms with Gasteiger partial charge >= 0.3 is 0 Å². The molecule has 0 aliphatic rings. The van der Waals surface area contributed by atoms with E-state index in [1.54, 1.807) is 0 Å². The highest BCUT2D eigenvalue weighted by Crippen LogP contribution is 2.22. The van der Waals surface area contributed by atoms with Crippen LogP contribution < -0.4 is 5.73 Å². The molecule has 0 unspecified atom stereocenters. The van der Waals surface area contributed by atoms with E-state index in [0.29, 0.717) is 0 Å². The Morgan fingerprint density at radius 2 is 1.81 bits per heavy atom. The summed E-state index contributed by atoms with van der Waals surface area (Å²) in [7, 11) is 0. The average Bonchev–Trinajstić information content (AvgIpc) is 2.27. The number of hydrogen-bond donors (Lipinski definition) is 1. The Morgan fingerprint density at radius 3 is 2.31 bits per heavy atom. The third-order valence-electron chi connectivity index (χ3n) is 2.49. The van der Waals surface area contributed by atoms with Gasteiger partial charge in [0, 0.05) is 10.9 Å². The highest BCUT2D eigenvalue weighted by atomic mass is 35.5. The van der Waals surface area contributed by atoms with Crippen molar-refractivity contribution >= 4 is 24.2 Å². The third-order valence-corrected chi connectivity index (χ3v) is 3.38. The zero-order chi connectivity index (χ0) is 11.1. The van der Waals surface area contributed by atoms with Gasteiger partial charge in [-0.15, -0.1) is 24.2 Å². The van der Waals surface area contributed by atoms with Gasteiger partial charge in [0.25, 0.3) is 0 Å². The van der Waals surface area contributed by atoms with Crippen molar-refractivity contribution in [1.82, 2.24) is 0 Å². The van der Waals surface area contributed by atoms with Crippen molar-refractivity contribution in [3.05, 3.63) is 29.8 Å². The predicted molar refractivity (Wildman–Crippen MR) is 76.5 cm³/mol. The quantitative estimate of drug-likeness (QED) is 0.766. The number of benzene rings is 1. The van der Waals surface area contributed by atoms with Crippen LogP contribution in [-0.4, -0.2) is 5.75 Å². The van der Waals surface area contributed by atoms with Crippen molar-refractivity contribution in [3.63, 3.8) is 0 Å². The van der Waals surface area contributed by atoms with Gasteiger partial charge in [0.2, 0.25) is 0 Å². The second-order valence-corrected chi connectivity index (χ2v) is 5.09. The smallest absolute Gasteiger partial charge is 0.0294 e. The van der Waals surface area contributed by atoms with Crippen LogP contribution in [0, 0.1) is 0 Å². The molecule has 0 spiro atoms. The van der Waals surface area contributed by atoms with Crippen LogP contribution in [0.2, 0.25) is 0 Å². The maximum Gasteiger partial charge on any atom is 0.0294 e. The molecule has 1 aromatic rings. The summed E-state index contributed by atoms with van der Waals surface area (Å²) < 4.78 is 0. The molecule has 0 aromatic heterocycles. The third kappa shape index (κ3) is 5.24. The Bertz CT molecular complexity index is 274. The Balaban J connectivity index is 0.00000225. The first kappa shape index (κ1) is 15.8. The molecule has 3 heteroatoms. The van der Waals surface area contributed by atoms with Crippen molar-refractivity contribution < 1.29 is 0 Å². The number of unbranched alkanes of at least 4 members (excludes halogenated alkanes) is 1. The summed E-state index contributed by atoms with van der Waals surface area (Å²) in [4.78, 5) is 1.34. The second-order valence-electron chi connectivity index (χ2n) is 3.75. The molecule has 0 radical (unpaired) electrons. The molecule has 0 saturated carbocycles. The van der Waals surface area contributed by atoms with E-state index in [4.69, 9.17) is 5.73 Å². The minimum Gasteiger partial charge on any atom is -0.324 e. The first-order valence-electron chi connectivity index (χ1n) is 5.76. The number of thioether (sulfide) groups is 1. The van der Waals surface area contributed by atoms with E-state index in [2.05, 4.69) is 38.1 Å². The molecule has 0 amide bonds. The van der Waals surface area contributed by atoms with E-state index in [-0.39, 0.29) is 18.4 Å². The predicted octanol–water partition coefficient (Wildman–Crippen LogP) is 4.41. The van der Waals surface area contributed by atoms with Crippen molar-refractivity contribution in [2.45, 2.75) is 44.0 Å². The van der Waals surface area contributed by atoms with Gasteiger partial charge in [-0.2, -0.15) is 0 Å². The van der Waals surface area contributed by atoms with E-state index in [9.17, 15) is 0 Å². The van der Waals surface area contributed by atoms with Gasteiger partial charge in [-0.3, -0.25) is 0 Å². The molecule has 0 fully saturated rings. The topological polar surface area (TPSA) is 26.0 Å². The van der Waals surface area contributed by atoms with Crippen LogP contribution in [-0.2, 0) is 0 Å². The monoisotopic (exact) mass is 259 g/mol. The van der Waals surface area contributed by atoms with E-state index in [0.717, 1.165) is 12.2 Å². The fourth-order valence-corrected chi connectivity index (χ4v) is 2.23. The van der Waals surface area contributed by atoms with Crippen LogP contribution in [0.15, 0.2) is 29.2 Å². The van der Waals surface area contributed by atoms with Crippen LogP contribution in [0.5, 0.6) is 0 Å². The summed E-state index contributed by atoms with van der Waals surface area (Å²) in [5.41, 5.74) is 7.37. The second kappa shape index (κ2) is 8.91. The van der Waals surface area contributed by atoms with Gasteiger partial charge in [-0.1, -0.05) is 38.8 Å². The standard InChI is InChI=1S/C13H21NS.ClH/c1-3-5-6-13(14)11-7-9-12(10-8-11)15-4-2;/h7-10,13H,3-6,14H2,1-2H3;1H/t13-;/m0./s1. The van der Waals surface area contributed by atoms with Crippen LogP contribution in [0.3, 0.4) is 0 Å². The number of hydrogen-bond acceptors (Lipinski definition) is 2. The molecule has 0 saturated heterocycles. The first-order valence-corrected chi connectivity index (χ1v) is 6.74. The molecule has 16 heavy (non-hydrogen) atoms. The van der Waals surface area contributed by atoms with Crippen LogP contribution in [0.4, 0.5) is 0 Å². The molecular formula is C13H22ClNS. The average molecular weight is 260 g/mol. The zero-order valence-electron chi connectivity index (χ0n) is 10.1. The SMILES string of the molecule is CCCC[C@H](N)c1ccc(SCC)cc1.Cl. The van der Waals surface area contributed by atoms with E-state index >= 15 is 0 Å². The molecular weight excluding hydrogens is 238 g/mol. The van der Waals surface area contributed by atoms with E-state index in [1.165, 1.54) is 23.3 Å². The van der Waals surface area contributed by atoms with Gasteiger partial charge in [-0.05, 0) is 29.9 Å². The fraction of sp³-hybridized carbons (Fsp3) is 0.538. The molecule has 92 valence electrons. The number of halogens is 1. The molecule has 0 aliphatic carbocycles. The highest BCUT2D eigenvalue weighted by molar-refractivity contribution is 7.99. The molecule has 2 N–H and O–H groups in total. The van der Waals surface area contributed by atoms with Crippen LogP contribution in [0.1, 0.15) is 44.7 Å². The summed E-state index contributed by atoms with van der Waals surface area (Å²) in [5.74, 6) is 1.13. The summed E-state index contributed by atoms with van der Waals surface area (Å²) in [6, 6.07) is 8.90. The number of nitrogens with two attached hydrogens (primary N) is 1. The Hall–Kier alpha value is -0.180. The van der Waals surface area contributed by atoms with Crippen LogP contribution in [0.25, 0.3) is 0 Å².